The molecule has 0 unspecified atom stereocenters. The van der Waals surface area contributed by atoms with Gasteiger partial charge in [-0.3, -0.25) is 0 Å². The largest absolute Gasteiger partial charge is 0.392 e. The Balaban J connectivity index is 2.42. The first-order valence-electron chi connectivity index (χ1n) is 6.21. The standard InChI is InChI=1S/C13H18BrNO3S/c1-9-11(14)6-10(8-16)7-12(9)19(17,18)15-13(2)4-3-5-13/h6-7,15-16H,3-5,8H2,1-2H3. The van der Waals surface area contributed by atoms with Gasteiger partial charge in [-0.25, -0.2) is 13.1 Å². The Morgan fingerprint density at radius 1 is 1.42 bits per heavy atom. The molecule has 0 radical (unpaired) electrons. The van der Waals surface area contributed by atoms with Gasteiger partial charge in [0, 0.05) is 10.0 Å². The molecular weight excluding hydrogens is 330 g/mol. The summed E-state index contributed by atoms with van der Waals surface area (Å²) in [5.74, 6) is 0. The molecule has 0 aliphatic heterocycles. The van der Waals surface area contributed by atoms with Crippen LogP contribution in [0, 0.1) is 6.92 Å². The maximum absolute atomic E-state index is 12.5. The third-order valence-electron chi connectivity index (χ3n) is 3.67. The number of halogens is 1. The maximum atomic E-state index is 12.5. The van der Waals surface area contributed by atoms with E-state index in [1.165, 1.54) is 6.07 Å². The molecule has 1 aliphatic rings. The molecule has 0 spiro atoms. The Bertz CT molecular complexity index is 594. The molecule has 0 aromatic heterocycles. The molecule has 6 heteroatoms. The van der Waals surface area contributed by atoms with E-state index in [0.29, 0.717) is 15.6 Å². The maximum Gasteiger partial charge on any atom is 0.241 e. The summed E-state index contributed by atoms with van der Waals surface area (Å²) < 4.78 is 28.4. The first-order chi connectivity index (χ1) is 8.77. The van der Waals surface area contributed by atoms with Crippen molar-refractivity contribution in [2.75, 3.05) is 0 Å². The van der Waals surface area contributed by atoms with Gasteiger partial charge in [-0.05, 0) is 56.4 Å². The van der Waals surface area contributed by atoms with Crippen LogP contribution in [0.2, 0.25) is 0 Å². The van der Waals surface area contributed by atoms with Gasteiger partial charge in [0.05, 0.1) is 11.5 Å². The van der Waals surface area contributed by atoms with Crippen molar-refractivity contribution in [3.05, 3.63) is 27.7 Å². The molecule has 0 saturated heterocycles. The Kier molecular flexibility index (Phi) is 4.07. The van der Waals surface area contributed by atoms with Gasteiger partial charge in [-0.1, -0.05) is 15.9 Å². The molecule has 0 bridgehead atoms. The second kappa shape index (κ2) is 5.16. The van der Waals surface area contributed by atoms with Gasteiger partial charge in [0.15, 0.2) is 0 Å². The van der Waals surface area contributed by atoms with Crippen LogP contribution < -0.4 is 4.72 Å². The van der Waals surface area contributed by atoms with E-state index < -0.39 is 10.0 Å². The van der Waals surface area contributed by atoms with E-state index in [1.807, 2.05) is 6.92 Å². The summed E-state index contributed by atoms with van der Waals surface area (Å²) in [6.45, 7) is 3.50. The summed E-state index contributed by atoms with van der Waals surface area (Å²) in [5.41, 5.74) is 0.914. The second-order valence-electron chi connectivity index (χ2n) is 5.38. The van der Waals surface area contributed by atoms with Gasteiger partial charge in [0.2, 0.25) is 10.0 Å². The van der Waals surface area contributed by atoms with Crippen LogP contribution in [0.15, 0.2) is 21.5 Å². The third kappa shape index (κ3) is 3.02. The summed E-state index contributed by atoms with van der Waals surface area (Å²) in [4.78, 5) is 0.235. The molecule has 1 aromatic carbocycles. The van der Waals surface area contributed by atoms with Crippen molar-refractivity contribution in [1.82, 2.24) is 4.72 Å². The highest BCUT2D eigenvalue weighted by Crippen LogP contribution is 2.34. The van der Waals surface area contributed by atoms with Gasteiger partial charge in [0.25, 0.3) is 0 Å². The number of aliphatic hydroxyl groups excluding tert-OH is 1. The van der Waals surface area contributed by atoms with E-state index in [9.17, 15) is 13.5 Å². The zero-order chi connectivity index (χ0) is 14.3. The Morgan fingerprint density at radius 3 is 2.53 bits per heavy atom. The molecular formula is C13H18BrNO3S. The lowest BCUT2D eigenvalue weighted by Gasteiger charge is -2.38. The van der Waals surface area contributed by atoms with Crippen LogP contribution in [-0.2, 0) is 16.6 Å². The minimum absolute atomic E-state index is 0.182. The average Bonchev–Trinajstić information content (AvgIpc) is 2.29. The molecule has 1 aliphatic carbocycles. The molecule has 0 heterocycles. The van der Waals surface area contributed by atoms with E-state index in [0.717, 1.165) is 19.3 Å². The van der Waals surface area contributed by atoms with Crippen LogP contribution in [-0.4, -0.2) is 19.1 Å². The Morgan fingerprint density at radius 2 is 2.05 bits per heavy atom. The van der Waals surface area contributed by atoms with Crippen molar-refractivity contribution in [1.29, 1.82) is 0 Å². The summed E-state index contributed by atoms with van der Waals surface area (Å²) in [6.07, 6.45) is 2.79. The van der Waals surface area contributed by atoms with E-state index in [2.05, 4.69) is 20.7 Å². The van der Waals surface area contributed by atoms with Crippen LogP contribution in [0.3, 0.4) is 0 Å². The SMILES string of the molecule is Cc1c(Br)cc(CO)cc1S(=O)(=O)NC1(C)CCC1. The number of hydrogen-bond acceptors (Lipinski definition) is 3. The highest BCUT2D eigenvalue weighted by molar-refractivity contribution is 9.10. The van der Waals surface area contributed by atoms with E-state index in [-0.39, 0.29) is 17.0 Å². The molecule has 1 saturated carbocycles. The summed E-state index contributed by atoms with van der Waals surface area (Å²) >= 11 is 3.34. The molecule has 0 amide bonds. The van der Waals surface area contributed by atoms with Crippen molar-refractivity contribution in [3.63, 3.8) is 0 Å². The number of hydrogen-bond donors (Lipinski definition) is 2. The number of sulfonamides is 1. The monoisotopic (exact) mass is 347 g/mol. The fourth-order valence-corrected chi connectivity index (χ4v) is 4.69. The summed E-state index contributed by atoms with van der Waals surface area (Å²) in [7, 11) is -3.56. The normalized spacial score (nSPS) is 18.1. The predicted octanol–water partition coefficient (Wildman–Crippen LogP) is 2.47. The number of rotatable bonds is 4. The Labute approximate surface area is 122 Å². The van der Waals surface area contributed by atoms with Crippen LogP contribution in [0.5, 0.6) is 0 Å². The van der Waals surface area contributed by atoms with E-state index in [1.54, 1.807) is 13.0 Å². The van der Waals surface area contributed by atoms with E-state index in [4.69, 9.17) is 0 Å². The topological polar surface area (TPSA) is 66.4 Å². The van der Waals surface area contributed by atoms with Gasteiger partial charge >= 0.3 is 0 Å². The van der Waals surface area contributed by atoms with Crippen molar-refractivity contribution < 1.29 is 13.5 Å². The lowest BCUT2D eigenvalue weighted by atomic mass is 9.80. The van der Waals surface area contributed by atoms with Crippen LogP contribution in [0.25, 0.3) is 0 Å². The quantitative estimate of drug-likeness (QED) is 0.879. The summed E-state index contributed by atoms with van der Waals surface area (Å²) in [6, 6.07) is 3.27. The lowest BCUT2D eigenvalue weighted by Crippen LogP contribution is -2.50. The third-order valence-corrected chi connectivity index (χ3v) is 6.25. The van der Waals surface area contributed by atoms with Crippen molar-refractivity contribution in [2.24, 2.45) is 0 Å². The zero-order valence-electron chi connectivity index (χ0n) is 11.0. The highest BCUT2D eigenvalue weighted by Gasteiger charge is 2.36. The number of benzene rings is 1. The fourth-order valence-electron chi connectivity index (χ4n) is 2.27. The fraction of sp³-hybridized carbons (Fsp3) is 0.538. The van der Waals surface area contributed by atoms with Gasteiger partial charge < -0.3 is 5.11 Å². The van der Waals surface area contributed by atoms with Crippen molar-refractivity contribution in [2.45, 2.75) is 50.2 Å². The first-order valence-corrected chi connectivity index (χ1v) is 8.49. The highest BCUT2D eigenvalue weighted by atomic mass is 79.9. The molecule has 4 nitrogen and oxygen atoms in total. The smallest absolute Gasteiger partial charge is 0.241 e. The minimum Gasteiger partial charge on any atom is -0.392 e. The second-order valence-corrected chi connectivity index (χ2v) is 7.88. The van der Waals surface area contributed by atoms with Crippen LogP contribution >= 0.6 is 15.9 Å². The van der Waals surface area contributed by atoms with Crippen molar-refractivity contribution in [3.8, 4) is 0 Å². The first kappa shape index (κ1) is 15.0. The molecule has 1 aromatic rings. The number of aliphatic hydroxyl groups is 1. The molecule has 19 heavy (non-hydrogen) atoms. The van der Waals surface area contributed by atoms with Crippen LogP contribution in [0.4, 0.5) is 0 Å². The van der Waals surface area contributed by atoms with E-state index >= 15 is 0 Å². The molecule has 0 atom stereocenters. The number of nitrogens with one attached hydrogen (secondary N) is 1. The Hall–Kier alpha value is -0.430. The summed E-state index contributed by atoms with van der Waals surface area (Å²) in [5, 5.41) is 9.20. The van der Waals surface area contributed by atoms with Gasteiger partial charge in [-0.15, -0.1) is 0 Å². The van der Waals surface area contributed by atoms with Gasteiger partial charge in [-0.2, -0.15) is 0 Å². The molecule has 1 fully saturated rings. The molecule has 2 N–H and O–H groups in total. The average molecular weight is 348 g/mol. The van der Waals surface area contributed by atoms with Crippen molar-refractivity contribution >= 4 is 26.0 Å². The zero-order valence-corrected chi connectivity index (χ0v) is 13.4. The lowest BCUT2D eigenvalue weighted by molar-refractivity contribution is 0.248. The van der Waals surface area contributed by atoms with Crippen LogP contribution in [0.1, 0.15) is 37.3 Å². The predicted molar refractivity (Wildman–Crippen MR) is 77.4 cm³/mol. The molecule has 106 valence electrons. The molecule has 2 rings (SSSR count). The minimum atomic E-state index is -3.56. The van der Waals surface area contributed by atoms with Gasteiger partial charge in [0.1, 0.15) is 0 Å².